The molecule has 2 aromatic heterocycles. The molecular weight excluding hydrogens is 628 g/mol. The molecule has 0 unspecified atom stereocenters. The summed E-state index contributed by atoms with van der Waals surface area (Å²) >= 11 is 0. The van der Waals surface area contributed by atoms with Crippen LogP contribution < -0.4 is 34.1 Å². The highest BCUT2D eigenvalue weighted by molar-refractivity contribution is 5.69. The SMILES string of the molecule is C=CCn1c(=O)n(CCC(=O)OCCCCCOC)c(=O)n(CCC(=O)OCCn2c(=O)n(CCO)c(=O)n(CCOC)c2=O)c1=O. The van der Waals surface area contributed by atoms with E-state index in [9.17, 15) is 43.5 Å². The standard InChI is InChI=1S/C28H42N6O13/c1-4-10-29-23(38)30(11-8-21(36)46-18-7-5-6-17-44-2)25(40)31(24(29)39)12-9-22(37)47-20-15-34-27(42)32(13-16-35)26(41)33(28(34)43)14-19-45-3/h4,35H,1,5-20H2,2-3H3. The van der Waals surface area contributed by atoms with Crippen molar-refractivity contribution in [2.24, 2.45) is 0 Å². The van der Waals surface area contributed by atoms with Crippen LogP contribution in [0, 0.1) is 0 Å². The first kappa shape index (κ1) is 38.6. The predicted octanol–water partition coefficient (Wildman–Crippen LogP) is -3.13. The third kappa shape index (κ3) is 10.7. The molecule has 0 aliphatic heterocycles. The van der Waals surface area contributed by atoms with Crippen molar-refractivity contribution in [3.63, 3.8) is 0 Å². The Bertz CT molecular complexity index is 1730. The molecule has 0 atom stereocenters. The normalized spacial score (nSPS) is 11.0. The number of nitrogens with zero attached hydrogens (tertiary/aromatic N) is 6. The minimum Gasteiger partial charge on any atom is -0.466 e. The molecular formula is C28H42N6O13. The van der Waals surface area contributed by atoms with E-state index in [0.717, 1.165) is 22.0 Å². The van der Waals surface area contributed by atoms with Gasteiger partial charge >= 0.3 is 46.1 Å². The first-order chi connectivity index (χ1) is 22.5. The summed E-state index contributed by atoms with van der Waals surface area (Å²) < 4.78 is 24.2. The van der Waals surface area contributed by atoms with Crippen molar-refractivity contribution in [3.05, 3.63) is 75.6 Å². The number of hydrogen-bond donors (Lipinski definition) is 1. The quantitative estimate of drug-likeness (QED) is 0.0744. The molecule has 262 valence electrons. The molecule has 1 N–H and O–H groups in total. The molecule has 0 fully saturated rings. The van der Waals surface area contributed by atoms with Crippen molar-refractivity contribution >= 4 is 11.9 Å². The highest BCUT2D eigenvalue weighted by atomic mass is 16.5. The zero-order valence-corrected chi connectivity index (χ0v) is 26.6. The maximum Gasteiger partial charge on any atom is 0.336 e. The van der Waals surface area contributed by atoms with E-state index in [0.29, 0.717) is 31.3 Å². The van der Waals surface area contributed by atoms with Crippen molar-refractivity contribution < 1.29 is 33.6 Å². The van der Waals surface area contributed by atoms with Crippen LogP contribution in [0.1, 0.15) is 32.1 Å². The van der Waals surface area contributed by atoms with Crippen LogP contribution in [0.3, 0.4) is 0 Å². The second kappa shape index (κ2) is 19.8. The summed E-state index contributed by atoms with van der Waals surface area (Å²) in [5.74, 6) is -1.55. The Morgan fingerprint density at radius 1 is 0.574 bits per heavy atom. The summed E-state index contributed by atoms with van der Waals surface area (Å²) in [4.78, 5) is 102. The molecule has 0 aliphatic rings. The molecule has 0 radical (unpaired) electrons. The molecule has 0 saturated heterocycles. The van der Waals surface area contributed by atoms with Crippen molar-refractivity contribution in [3.8, 4) is 0 Å². The van der Waals surface area contributed by atoms with Gasteiger partial charge in [0.1, 0.15) is 6.61 Å². The fourth-order valence-corrected chi connectivity index (χ4v) is 4.40. The summed E-state index contributed by atoms with van der Waals surface area (Å²) in [6.07, 6.45) is 2.64. The van der Waals surface area contributed by atoms with Gasteiger partial charge in [0.15, 0.2) is 0 Å². The third-order valence-corrected chi connectivity index (χ3v) is 6.84. The van der Waals surface area contributed by atoms with Gasteiger partial charge in [0.2, 0.25) is 0 Å². The van der Waals surface area contributed by atoms with Crippen molar-refractivity contribution in [1.82, 2.24) is 27.4 Å². The van der Waals surface area contributed by atoms with Gasteiger partial charge in [0, 0.05) is 33.9 Å². The summed E-state index contributed by atoms with van der Waals surface area (Å²) in [6, 6.07) is 0. The van der Waals surface area contributed by atoms with Gasteiger partial charge in [-0.3, -0.25) is 9.59 Å². The maximum absolute atomic E-state index is 13.1. The van der Waals surface area contributed by atoms with Crippen LogP contribution in [-0.4, -0.2) is 91.7 Å². The Balaban J connectivity index is 2.14. The lowest BCUT2D eigenvalue weighted by molar-refractivity contribution is -0.145. The van der Waals surface area contributed by atoms with Crippen LogP contribution in [0.15, 0.2) is 41.4 Å². The van der Waals surface area contributed by atoms with Crippen LogP contribution in [0.25, 0.3) is 0 Å². The molecule has 0 spiro atoms. The van der Waals surface area contributed by atoms with E-state index >= 15 is 0 Å². The molecule has 19 nitrogen and oxygen atoms in total. The topological polar surface area (TPSA) is 223 Å². The van der Waals surface area contributed by atoms with E-state index in [2.05, 4.69) is 6.58 Å². The smallest absolute Gasteiger partial charge is 0.336 e. The fourth-order valence-electron chi connectivity index (χ4n) is 4.40. The van der Waals surface area contributed by atoms with Gasteiger partial charge in [0.05, 0.1) is 58.8 Å². The summed E-state index contributed by atoms with van der Waals surface area (Å²) in [7, 11) is 2.94. The second-order valence-electron chi connectivity index (χ2n) is 10.1. The van der Waals surface area contributed by atoms with Gasteiger partial charge in [-0.25, -0.2) is 56.2 Å². The molecule has 19 heteroatoms. The molecule has 0 aromatic carbocycles. The average molecular weight is 671 g/mol. The van der Waals surface area contributed by atoms with E-state index in [1.165, 1.54) is 13.2 Å². The highest BCUT2D eigenvalue weighted by Crippen LogP contribution is 1.98. The monoisotopic (exact) mass is 670 g/mol. The van der Waals surface area contributed by atoms with E-state index in [1.54, 1.807) is 7.11 Å². The lowest BCUT2D eigenvalue weighted by atomic mass is 10.2. The number of unbranched alkanes of at least 4 members (excludes halogenated alkanes) is 2. The molecule has 0 amide bonds. The lowest BCUT2D eigenvalue weighted by Gasteiger charge is -2.14. The summed E-state index contributed by atoms with van der Waals surface area (Å²) in [5.41, 5.74) is -5.92. The zero-order chi connectivity index (χ0) is 34.9. The van der Waals surface area contributed by atoms with Gasteiger partial charge in [-0.1, -0.05) is 6.08 Å². The number of aliphatic hydroxyl groups is 1. The van der Waals surface area contributed by atoms with E-state index in [-0.39, 0.29) is 45.8 Å². The molecule has 0 saturated carbocycles. The molecule has 2 aromatic rings. The predicted molar refractivity (Wildman–Crippen MR) is 164 cm³/mol. The molecule has 2 rings (SSSR count). The van der Waals surface area contributed by atoms with Crippen molar-refractivity contribution in [2.75, 3.05) is 47.3 Å². The Morgan fingerprint density at radius 2 is 0.979 bits per heavy atom. The lowest BCUT2D eigenvalue weighted by Crippen LogP contribution is -2.55. The fraction of sp³-hybridized carbons (Fsp3) is 0.643. The number of esters is 2. The van der Waals surface area contributed by atoms with Gasteiger partial charge in [-0.15, -0.1) is 6.58 Å². The Morgan fingerprint density at radius 3 is 1.45 bits per heavy atom. The number of methoxy groups -OCH3 is 2. The van der Waals surface area contributed by atoms with Gasteiger partial charge in [-0.05, 0) is 19.3 Å². The largest absolute Gasteiger partial charge is 0.466 e. The Kier molecular flexibility index (Phi) is 16.2. The van der Waals surface area contributed by atoms with Crippen LogP contribution in [-0.2, 0) is 67.8 Å². The molecule has 2 heterocycles. The zero-order valence-electron chi connectivity index (χ0n) is 26.6. The van der Waals surface area contributed by atoms with E-state index in [1.807, 2.05) is 0 Å². The van der Waals surface area contributed by atoms with Crippen molar-refractivity contribution in [1.29, 1.82) is 0 Å². The van der Waals surface area contributed by atoms with Crippen molar-refractivity contribution in [2.45, 2.75) is 71.4 Å². The number of allylic oxidation sites excluding steroid dienone is 1. The van der Waals surface area contributed by atoms with Crippen LogP contribution in [0.2, 0.25) is 0 Å². The third-order valence-electron chi connectivity index (χ3n) is 6.84. The Hall–Kier alpha value is -4.62. The highest BCUT2D eigenvalue weighted by Gasteiger charge is 2.19. The van der Waals surface area contributed by atoms with Crippen LogP contribution in [0.5, 0.6) is 0 Å². The molecule has 47 heavy (non-hydrogen) atoms. The second-order valence-corrected chi connectivity index (χ2v) is 10.1. The van der Waals surface area contributed by atoms with Crippen LogP contribution in [0.4, 0.5) is 0 Å². The number of aliphatic hydroxyl groups excluding tert-OH is 1. The number of carbonyl (C=O) groups is 2. The van der Waals surface area contributed by atoms with Gasteiger partial charge in [0.25, 0.3) is 0 Å². The maximum atomic E-state index is 13.1. The first-order valence-corrected chi connectivity index (χ1v) is 14.9. The number of hydrogen-bond acceptors (Lipinski definition) is 13. The summed E-state index contributed by atoms with van der Waals surface area (Å²) in [5, 5.41) is 9.25. The number of aromatic nitrogens is 6. The van der Waals surface area contributed by atoms with Crippen LogP contribution >= 0.6 is 0 Å². The minimum absolute atomic E-state index is 0.0115. The minimum atomic E-state index is -1.05. The van der Waals surface area contributed by atoms with Gasteiger partial charge in [-0.2, -0.15) is 0 Å². The number of ether oxygens (including phenoxy) is 4. The number of carbonyl (C=O) groups excluding carboxylic acids is 2. The Labute approximate surface area is 267 Å². The molecule has 0 aliphatic carbocycles. The van der Waals surface area contributed by atoms with E-state index in [4.69, 9.17) is 18.9 Å². The number of rotatable bonds is 22. The molecule has 0 bridgehead atoms. The average Bonchev–Trinajstić information content (AvgIpc) is 3.04. The van der Waals surface area contributed by atoms with Gasteiger partial charge < -0.3 is 24.1 Å². The summed E-state index contributed by atoms with van der Waals surface area (Å²) in [6.45, 7) is 1.10. The van der Waals surface area contributed by atoms with E-state index < -0.39 is 78.8 Å². The first-order valence-electron chi connectivity index (χ1n) is 14.9.